The number of aliphatic imine (C=N–C) groups is 1. The minimum Gasteiger partial charge on any atom is -0.469 e. The Kier molecular flexibility index (Phi) is 7.46. The van der Waals surface area contributed by atoms with Crippen LogP contribution >= 0.6 is 0 Å². The zero-order valence-corrected chi connectivity index (χ0v) is 12.3. The predicted molar refractivity (Wildman–Crippen MR) is 76.4 cm³/mol. The van der Waals surface area contributed by atoms with Gasteiger partial charge in [-0.3, -0.25) is 9.59 Å². The van der Waals surface area contributed by atoms with Gasteiger partial charge in [0, 0.05) is 26.2 Å². The van der Waals surface area contributed by atoms with E-state index in [4.69, 9.17) is 0 Å². The molecule has 0 atom stereocenters. The fraction of sp³-hybridized carbons (Fsp3) is 0.769. The number of carbonyl (C=O) groups is 2. The van der Waals surface area contributed by atoms with Crippen molar-refractivity contribution in [2.24, 2.45) is 4.99 Å². The second kappa shape index (κ2) is 9.17. The van der Waals surface area contributed by atoms with Crippen molar-refractivity contribution in [3.8, 4) is 0 Å². The molecule has 1 heterocycles. The van der Waals surface area contributed by atoms with Gasteiger partial charge in [0.25, 0.3) is 0 Å². The number of likely N-dealkylation sites (tertiary alicyclic amines) is 1. The van der Waals surface area contributed by atoms with Crippen LogP contribution in [0.3, 0.4) is 0 Å². The first-order chi connectivity index (χ1) is 9.67. The smallest absolute Gasteiger partial charge is 0.307 e. The van der Waals surface area contributed by atoms with Crippen molar-refractivity contribution in [2.75, 3.05) is 39.8 Å². The molecule has 114 valence electrons. The summed E-state index contributed by atoms with van der Waals surface area (Å²) in [4.78, 5) is 28.9. The number of carbonyl (C=O) groups excluding carboxylic acids is 2. The van der Waals surface area contributed by atoms with E-state index in [2.05, 4.69) is 20.4 Å². The summed E-state index contributed by atoms with van der Waals surface area (Å²) < 4.78 is 4.56. The Morgan fingerprint density at radius 1 is 1.25 bits per heavy atom. The first-order valence-corrected chi connectivity index (χ1v) is 7.04. The summed E-state index contributed by atoms with van der Waals surface area (Å²) >= 11 is 0. The molecule has 0 radical (unpaired) electrons. The lowest BCUT2D eigenvalue weighted by atomic mass is 10.4. The molecule has 1 fully saturated rings. The third kappa shape index (κ3) is 5.90. The van der Waals surface area contributed by atoms with Gasteiger partial charge in [0.1, 0.15) is 6.54 Å². The van der Waals surface area contributed by atoms with Gasteiger partial charge in [0.05, 0.1) is 13.5 Å². The zero-order valence-electron chi connectivity index (χ0n) is 12.3. The first kappa shape index (κ1) is 16.3. The van der Waals surface area contributed by atoms with Gasteiger partial charge in [-0.05, 0) is 19.8 Å². The van der Waals surface area contributed by atoms with Crippen molar-refractivity contribution >= 4 is 17.8 Å². The van der Waals surface area contributed by atoms with E-state index in [9.17, 15) is 9.59 Å². The Morgan fingerprint density at radius 3 is 2.55 bits per heavy atom. The molecule has 20 heavy (non-hydrogen) atoms. The van der Waals surface area contributed by atoms with Crippen LogP contribution in [0.15, 0.2) is 4.99 Å². The van der Waals surface area contributed by atoms with E-state index in [1.165, 1.54) is 7.11 Å². The molecule has 0 aliphatic carbocycles. The fourth-order valence-corrected chi connectivity index (χ4v) is 1.94. The van der Waals surface area contributed by atoms with Crippen molar-refractivity contribution in [3.05, 3.63) is 0 Å². The maximum Gasteiger partial charge on any atom is 0.307 e. The summed E-state index contributed by atoms with van der Waals surface area (Å²) in [6.07, 6.45) is 2.42. The van der Waals surface area contributed by atoms with Crippen LogP contribution in [0.2, 0.25) is 0 Å². The van der Waals surface area contributed by atoms with Gasteiger partial charge in [-0.25, -0.2) is 4.99 Å². The molecule has 0 aromatic carbocycles. The lowest BCUT2D eigenvalue weighted by molar-refractivity contribution is -0.140. The molecule has 1 aliphatic heterocycles. The predicted octanol–water partition coefficient (Wildman–Crippen LogP) is -0.273. The summed E-state index contributed by atoms with van der Waals surface area (Å²) in [6, 6.07) is 0. The summed E-state index contributed by atoms with van der Waals surface area (Å²) in [5.74, 6) is 0.318. The quantitative estimate of drug-likeness (QED) is 0.398. The number of methoxy groups -OCH3 is 1. The molecule has 0 unspecified atom stereocenters. The Labute approximate surface area is 119 Å². The molecular weight excluding hydrogens is 260 g/mol. The highest BCUT2D eigenvalue weighted by Crippen LogP contribution is 2.07. The number of nitrogens with one attached hydrogen (secondary N) is 2. The third-order valence-electron chi connectivity index (χ3n) is 3.02. The average molecular weight is 284 g/mol. The Bertz CT molecular complexity index is 352. The van der Waals surface area contributed by atoms with E-state index in [1.54, 1.807) is 0 Å². The number of amides is 1. The largest absolute Gasteiger partial charge is 0.469 e. The topological polar surface area (TPSA) is 83.0 Å². The number of hydrogen-bond donors (Lipinski definition) is 2. The highest BCUT2D eigenvalue weighted by molar-refractivity contribution is 5.85. The normalized spacial score (nSPS) is 15.1. The average Bonchev–Trinajstić information content (AvgIpc) is 2.98. The molecule has 0 bridgehead atoms. The van der Waals surface area contributed by atoms with Gasteiger partial charge in [0.15, 0.2) is 5.96 Å². The van der Waals surface area contributed by atoms with E-state index in [1.807, 2.05) is 11.8 Å². The maximum absolute atomic E-state index is 11.9. The fourth-order valence-electron chi connectivity index (χ4n) is 1.94. The van der Waals surface area contributed by atoms with Gasteiger partial charge >= 0.3 is 5.97 Å². The van der Waals surface area contributed by atoms with Crippen LogP contribution in [0.5, 0.6) is 0 Å². The SMILES string of the molecule is CCNC(=NCC(=O)N1CCCC1)NCCC(=O)OC. The molecule has 1 aliphatic rings. The number of hydrogen-bond acceptors (Lipinski definition) is 4. The van der Waals surface area contributed by atoms with Crippen LogP contribution in [-0.2, 0) is 14.3 Å². The molecule has 0 saturated carbocycles. The number of esters is 1. The summed E-state index contributed by atoms with van der Waals surface area (Å²) in [5, 5.41) is 6.04. The van der Waals surface area contributed by atoms with E-state index in [0.29, 0.717) is 19.0 Å². The maximum atomic E-state index is 11.9. The number of rotatable bonds is 6. The summed E-state index contributed by atoms with van der Waals surface area (Å²) in [7, 11) is 1.36. The van der Waals surface area contributed by atoms with Crippen LogP contribution in [0.25, 0.3) is 0 Å². The van der Waals surface area contributed by atoms with Crippen molar-refractivity contribution in [3.63, 3.8) is 0 Å². The van der Waals surface area contributed by atoms with Crippen molar-refractivity contribution < 1.29 is 14.3 Å². The molecule has 2 N–H and O–H groups in total. The molecule has 1 amide bonds. The molecule has 0 aromatic heterocycles. The highest BCUT2D eigenvalue weighted by atomic mass is 16.5. The number of guanidine groups is 1. The molecule has 1 saturated heterocycles. The second-order valence-corrected chi connectivity index (χ2v) is 4.54. The van der Waals surface area contributed by atoms with E-state index < -0.39 is 0 Å². The van der Waals surface area contributed by atoms with Crippen LogP contribution in [0, 0.1) is 0 Å². The van der Waals surface area contributed by atoms with E-state index in [0.717, 1.165) is 25.9 Å². The Balaban J connectivity index is 2.36. The van der Waals surface area contributed by atoms with Gasteiger partial charge in [-0.1, -0.05) is 0 Å². The van der Waals surface area contributed by atoms with Gasteiger partial charge in [0.2, 0.25) is 5.91 Å². The molecule has 1 rings (SSSR count). The van der Waals surface area contributed by atoms with Crippen molar-refractivity contribution in [2.45, 2.75) is 26.2 Å². The minimum atomic E-state index is -0.276. The van der Waals surface area contributed by atoms with E-state index >= 15 is 0 Å². The van der Waals surface area contributed by atoms with Gasteiger partial charge in [-0.15, -0.1) is 0 Å². The van der Waals surface area contributed by atoms with E-state index in [-0.39, 0.29) is 24.8 Å². The molecule has 7 nitrogen and oxygen atoms in total. The van der Waals surface area contributed by atoms with Crippen LogP contribution in [0.1, 0.15) is 26.2 Å². The molecular formula is C13H24N4O3. The summed E-state index contributed by atoms with van der Waals surface area (Å²) in [6.45, 7) is 4.87. The van der Waals surface area contributed by atoms with Crippen molar-refractivity contribution in [1.82, 2.24) is 15.5 Å². The first-order valence-electron chi connectivity index (χ1n) is 7.04. The highest BCUT2D eigenvalue weighted by Gasteiger charge is 2.17. The van der Waals surface area contributed by atoms with Crippen LogP contribution in [0.4, 0.5) is 0 Å². The van der Waals surface area contributed by atoms with Gasteiger partial charge < -0.3 is 20.3 Å². The van der Waals surface area contributed by atoms with Crippen molar-refractivity contribution in [1.29, 1.82) is 0 Å². The Hall–Kier alpha value is -1.79. The third-order valence-corrected chi connectivity index (χ3v) is 3.02. The lowest BCUT2D eigenvalue weighted by Gasteiger charge is -2.15. The van der Waals surface area contributed by atoms with Gasteiger partial charge in [-0.2, -0.15) is 0 Å². The standard InChI is InChI=1S/C13H24N4O3/c1-3-14-13(15-7-6-12(19)20-2)16-10-11(18)17-8-4-5-9-17/h3-10H2,1-2H3,(H2,14,15,16). The lowest BCUT2D eigenvalue weighted by Crippen LogP contribution is -2.39. The number of nitrogens with zero attached hydrogens (tertiary/aromatic N) is 2. The zero-order chi connectivity index (χ0) is 14.8. The number of ether oxygens (including phenoxy) is 1. The Morgan fingerprint density at radius 2 is 1.95 bits per heavy atom. The van der Waals surface area contributed by atoms with Crippen LogP contribution in [-0.4, -0.2) is 62.6 Å². The minimum absolute atomic E-state index is 0.0488. The monoisotopic (exact) mass is 284 g/mol. The van der Waals surface area contributed by atoms with Crippen LogP contribution < -0.4 is 10.6 Å². The second-order valence-electron chi connectivity index (χ2n) is 4.54. The molecule has 0 spiro atoms. The molecule has 0 aromatic rings. The summed E-state index contributed by atoms with van der Waals surface area (Å²) in [5.41, 5.74) is 0. The molecule has 7 heteroatoms.